The van der Waals surface area contributed by atoms with Crippen molar-refractivity contribution in [1.29, 1.82) is 0 Å². The summed E-state index contributed by atoms with van der Waals surface area (Å²) in [6, 6.07) is 14.6. The molecule has 0 atom stereocenters. The van der Waals surface area contributed by atoms with Crippen molar-refractivity contribution in [3.05, 3.63) is 58.9 Å². The van der Waals surface area contributed by atoms with Gasteiger partial charge in [-0.25, -0.2) is 9.20 Å². The molecule has 0 aliphatic carbocycles. The average molecular weight is 335 g/mol. The van der Waals surface area contributed by atoms with Crippen LogP contribution in [0.25, 0.3) is 27.7 Å². The Kier molecular flexibility index (Phi) is 3.46. The van der Waals surface area contributed by atoms with E-state index in [1.807, 2.05) is 49.4 Å². The summed E-state index contributed by atoms with van der Waals surface area (Å²) in [6.45, 7) is 2.35. The number of aromatic hydroxyl groups is 1. The zero-order valence-corrected chi connectivity index (χ0v) is 13.9. The highest BCUT2D eigenvalue weighted by atomic mass is 16.5. The zero-order chi connectivity index (χ0) is 17.6. The Morgan fingerprint density at radius 3 is 2.40 bits per heavy atom. The van der Waals surface area contributed by atoms with Crippen molar-refractivity contribution >= 4 is 16.3 Å². The lowest BCUT2D eigenvalue weighted by Crippen LogP contribution is -2.26. The highest BCUT2D eigenvalue weighted by Gasteiger charge is 2.19. The maximum Gasteiger partial charge on any atom is 0.273 e. The summed E-state index contributed by atoms with van der Waals surface area (Å²) in [5.74, 6) is 1.15. The van der Waals surface area contributed by atoms with E-state index in [-0.39, 0.29) is 11.4 Å². The Bertz CT molecular complexity index is 1140. The van der Waals surface area contributed by atoms with Gasteiger partial charge in [0, 0.05) is 17.5 Å². The van der Waals surface area contributed by atoms with Crippen LogP contribution in [-0.4, -0.2) is 26.4 Å². The van der Waals surface area contributed by atoms with Crippen molar-refractivity contribution < 1.29 is 9.84 Å². The topological polar surface area (TPSA) is 68.8 Å². The molecule has 6 nitrogen and oxygen atoms in total. The molecule has 0 unspecified atom stereocenters. The summed E-state index contributed by atoms with van der Waals surface area (Å²) in [5, 5.41) is 11.7. The van der Waals surface area contributed by atoms with Gasteiger partial charge in [0.25, 0.3) is 5.56 Å². The van der Waals surface area contributed by atoms with E-state index >= 15 is 0 Å². The largest absolute Gasteiger partial charge is 0.497 e. The molecule has 0 saturated heterocycles. The van der Waals surface area contributed by atoms with Gasteiger partial charge >= 0.3 is 0 Å². The number of hydrogen-bond acceptors (Lipinski definition) is 4. The highest BCUT2D eigenvalue weighted by Crippen LogP contribution is 2.31. The number of rotatable bonds is 3. The summed E-state index contributed by atoms with van der Waals surface area (Å²) in [7, 11) is 1.60. The second kappa shape index (κ2) is 5.66. The van der Waals surface area contributed by atoms with Crippen LogP contribution >= 0.6 is 0 Å². The van der Waals surface area contributed by atoms with Crippen LogP contribution in [0.1, 0.15) is 6.92 Å². The molecule has 4 rings (SSSR count). The number of hydrogen-bond donors (Lipinski definition) is 1. The van der Waals surface area contributed by atoms with Gasteiger partial charge in [-0.15, -0.1) is 0 Å². The van der Waals surface area contributed by atoms with E-state index in [9.17, 15) is 9.90 Å². The Morgan fingerprint density at radius 2 is 1.76 bits per heavy atom. The van der Waals surface area contributed by atoms with E-state index in [4.69, 9.17) is 4.74 Å². The molecule has 1 N–H and O–H groups in total. The Balaban J connectivity index is 2.15. The summed E-state index contributed by atoms with van der Waals surface area (Å²) < 4.78 is 8.47. The number of methoxy groups -OCH3 is 1. The van der Waals surface area contributed by atoms with Crippen LogP contribution in [0.5, 0.6) is 11.6 Å². The van der Waals surface area contributed by atoms with Crippen LogP contribution in [0.15, 0.2) is 53.3 Å². The molecule has 2 aromatic carbocycles. The van der Waals surface area contributed by atoms with Crippen molar-refractivity contribution in [3.63, 3.8) is 0 Å². The molecule has 0 aliphatic heterocycles. The van der Waals surface area contributed by atoms with Crippen LogP contribution in [-0.2, 0) is 6.54 Å². The number of fused-ring (bicyclic) bond motifs is 3. The standard InChI is InChI=1S/C19H17N3O3/c1-3-21-19(24)15-7-5-4-6-14(15)16-18(23)20-17(22(16)21)12-8-10-13(25-2)11-9-12/h4-11,23H,3H2,1-2H3. The van der Waals surface area contributed by atoms with E-state index in [0.717, 1.165) is 11.3 Å². The minimum Gasteiger partial charge on any atom is -0.497 e. The summed E-state index contributed by atoms with van der Waals surface area (Å²) in [5.41, 5.74) is 1.20. The lowest BCUT2D eigenvalue weighted by atomic mass is 10.1. The van der Waals surface area contributed by atoms with E-state index < -0.39 is 0 Å². The molecule has 0 saturated carbocycles. The van der Waals surface area contributed by atoms with Gasteiger partial charge in [-0.3, -0.25) is 4.79 Å². The molecule has 0 bridgehead atoms. The molecular weight excluding hydrogens is 318 g/mol. The molecule has 6 heteroatoms. The summed E-state index contributed by atoms with van der Waals surface area (Å²) in [4.78, 5) is 17.2. The van der Waals surface area contributed by atoms with Gasteiger partial charge in [0.15, 0.2) is 5.82 Å². The fourth-order valence-corrected chi connectivity index (χ4v) is 3.19. The fourth-order valence-electron chi connectivity index (χ4n) is 3.19. The first-order chi connectivity index (χ1) is 12.2. The van der Waals surface area contributed by atoms with Crippen molar-refractivity contribution in [2.75, 3.05) is 7.11 Å². The van der Waals surface area contributed by atoms with Gasteiger partial charge < -0.3 is 9.84 Å². The van der Waals surface area contributed by atoms with Gasteiger partial charge in [-0.1, -0.05) is 18.2 Å². The predicted molar refractivity (Wildman–Crippen MR) is 96.3 cm³/mol. The molecule has 126 valence electrons. The molecule has 4 aromatic rings. The molecule has 0 spiro atoms. The molecule has 2 heterocycles. The number of imidazole rings is 1. The predicted octanol–water partition coefficient (Wildman–Crippen LogP) is 3.05. The van der Waals surface area contributed by atoms with Crippen molar-refractivity contribution in [2.45, 2.75) is 13.5 Å². The first-order valence-corrected chi connectivity index (χ1v) is 8.03. The minimum absolute atomic E-state index is 0.0933. The summed E-state index contributed by atoms with van der Waals surface area (Å²) in [6.07, 6.45) is 0. The third kappa shape index (κ3) is 2.18. The molecule has 0 fully saturated rings. The van der Waals surface area contributed by atoms with Gasteiger partial charge in [0.2, 0.25) is 5.88 Å². The Labute approximate surface area is 143 Å². The van der Waals surface area contributed by atoms with Crippen LogP contribution in [0.3, 0.4) is 0 Å². The quantitative estimate of drug-likeness (QED) is 0.625. The van der Waals surface area contributed by atoms with Crippen LogP contribution in [0.4, 0.5) is 0 Å². The number of aromatic nitrogens is 3. The molecule has 25 heavy (non-hydrogen) atoms. The third-order valence-electron chi connectivity index (χ3n) is 4.37. The Hall–Kier alpha value is -3.28. The van der Waals surface area contributed by atoms with Crippen LogP contribution in [0.2, 0.25) is 0 Å². The van der Waals surface area contributed by atoms with Crippen LogP contribution in [0, 0.1) is 0 Å². The van der Waals surface area contributed by atoms with E-state index in [1.54, 1.807) is 22.4 Å². The van der Waals surface area contributed by atoms with Crippen molar-refractivity contribution in [3.8, 4) is 23.0 Å². The number of benzene rings is 2. The van der Waals surface area contributed by atoms with Gasteiger partial charge in [-0.05, 0) is 37.3 Å². The summed E-state index contributed by atoms with van der Waals surface area (Å²) >= 11 is 0. The van der Waals surface area contributed by atoms with E-state index in [2.05, 4.69) is 4.98 Å². The minimum atomic E-state index is -0.113. The number of ether oxygens (including phenoxy) is 1. The lowest BCUT2D eigenvalue weighted by Gasteiger charge is -2.12. The van der Waals surface area contributed by atoms with Crippen molar-refractivity contribution in [1.82, 2.24) is 14.2 Å². The normalized spacial score (nSPS) is 11.3. The molecule has 0 radical (unpaired) electrons. The Morgan fingerprint density at radius 1 is 1.08 bits per heavy atom. The van der Waals surface area contributed by atoms with Gasteiger partial charge in [0.05, 0.1) is 12.5 Å². The maximum absolute atomic E-state index is 12.9. The fraction of sp³-hybridized carbons (Fsp3) is 0.158. The maximum atomic E-state index is 12.9. The van der Waals surface area contributed by atoms with E-state index in [0.29, 0.717) is 28.7 Å². The SMILES string of the molecule is CCn1c(=O)c2ccccc2c2c(O)nc(-c3ccc(OC)cc3)n21. The zero-order valence-electron chi connectivity index (χ0n) is 13.9. The van der Waals surface area contributed by atoms with Crippen LogP contribution < -0.4 is 10.3 Å². The van der Waals surface area contributed by atoms with Gasteiger partial charge in [-0.2, -0.15) is 4.98 Å². The van der Waals surface area contributed by atoms with E-state index in [1.165, 1.54) is 0 Å². The first-order valence-electron chi connectivity index (χ1n) is 8.03. The first kappa shape index (κ1) is 15.3. The van der Waals surface area contributed by atoms with Gasteiger partial charge in [0.1, 0.15) is 11.3 Å². The smallest absolute Gasteiger partial charge is 0.273 e. The molecule has 0 aliphatic rings. The second-order valence-electron chi connectivity index (χ2n) is 5.71. The number of nitrogens with zero attached hydrogens (tertiary/aromatic N) is 3. The molecule has 0 amide bonds. The molecule has 2 aromatic heterocycles. The molecular formula is C19H17N3O3. The highest BCUT2D eigenvalue weighted by molar-refractivity contribution is 5.98. The monoisotopic (exact) mass is 335 g/mol. The average Bonchev–Trinajstić information content (AvgIpc) is 3.00. The van der Waals surface area contributed by atoms with Crippen molar-refractivity contribution in [2.24, 2.45) is 0 Å². The third-order valence-corrected chi connectivity index (χ3v) is 4.37. The number of aryl methyl sites for hydroxylation is 1. The second-order valence-corrected chi connectivity index (χ2v) is 5.71. The lowest BCUT2D eigenvalue weighted by molar-refractivity contribution is 0.415.